The summed E-state index contributed by atoms with van der Waals surface area (Å²) in [7, 11) is -1.81. The van der Waals surface area contributed by atoms with Crippen LogP contribution in [-0.4, -0.2) is 46.0 Å². The molecule has 2 aromatic rings. The molecule has 0 bridgehead atoms. The SMILES string of the molecule is COc1ccccc1N1CCN(S(=O)(=O)c2ccc(I)cc2C)CC1. The molecule has 1 aliphatic heterocycles. The summed E-state index contributed by atoms with van der Waals surface area (Å²) in [4.78, 5) is 2.57. The molecule has 1 fully saturated rings. The largest absolute Gasteiger partial charge is 0.495 e. The van der Waals surface area contributed by atoms with Gasteiger partial charge in [0.25, 0.3) is 0 Å². The smallest absolute Gasteiger partial charge is 0.243 e. The van der Waals surface area contributed by atoms with Crippen LogP contribution in [0, 0.1) is 10.5 Å². The van der Waals surface area contributed by atoms with Gasteiger partial charge < -0.3 is 9.64 Å². The van der Waals surface area contributed by atoms with Crippen LogP contribution in [-0.2, 0) is 10.0 Å². The number of rotatable bonds is 4. The number of aryl methyl sites for hydroxylation is 1. The molecule has 134 valence electrons. The molecule has 1 saturated heterocycles. The molecule has 0 unspecified atom stereocenters. The molecule has 0 N–H and O–H groups in total. The number of nitrogens with zero attached hydrogens (tertiary/aromatic N) is 2. The lowest BCUT2D eigenvalue weighted by molar-refractivity contribution is 0.378. The lowest BCUT2D eigenvalue weighted by Gasteiger charge is -2.36. The van der Waals surface area contributed by atoms with Gasteiger partial charge in [-0.1, -0.05) is 12.1 Å². The van der Waals surface area contributed by atoms with Crippen LogP contribution in [0.25, 0.3) is 0 Å². The summed E-state index contributed by atoms with van der Waals surface area (Å²) in [5, 5.41) is 0. The van der Waals surface area contributed by atoms with E-state index in [1.165, 1.54) is 0 Å². The van der Waals surface area contributed by atoms with Gasteiger partial charge in [0.1, 0.15) is 5.75 Å². The van der Waals surface area contributed by atoms with Crippen LogP contribution in [0.4, 0.5) is 5.69 Å². The summed E-state index contributed by atoms with van der Waals surface area (Å²) in [5.74, 6) is 0.812. The number of para-hydroxylation sites is 2. The van der Waals surface area contributed by atoms with Gasteiger partial charge >= 0.3 is 0 Å². The highest BCUT2D eigenvalue weighted by Crippen LogP contribution is 2.29. The molecule has 7 heteroatoms. The van der Waals surface area contributed by atoms with Gasteiger partial charge in [-0.2, -0.15) is 4.31 Å². The molecule has 0 spiro atoms. The van der Waals surface area contributed by atoms with Crippen molar-refractivity contribution in [2.24, 2.45) is 0 Å². The van der Waals surface area contributed by atoms with Crippen molar-refractivity contribution in [3.05, 3.63) is 51.6 Å². The molecular formula is C18H21IN2O3S. The summed E-state index contributed by atoms with van der Waals surface area (Å²) in [6.45, 7) is 4.06. The van der Waals surface area contributed by atoms with E-state index in [2.05, 4.69) is 27.5 Å². The molecule has 0 saturated carbocycles. The normalized spacial score (nSPS) is 16.0. The Morgan fingerprint density at radius 3 is 2.36 bits per heavy atom. The summed E-state index contributed by atoms with van der Waals surface area (Å²) in [5.41, 5.74) is 1.80. The van der Waals surface area contributed by atoms with Crippen molar-refractivity contribution >= 4 is 38.3 Å². The van der Waals surface area contributed by atoms with Crippen LogP contribution < -0.4 is 9.64 Å². The van der Waals surface area contributed by atoms with Gasteiger partial charge in [-0.05, 0) is 65.4 Å². The molecule has 1 aliphatic rings. The molecule has 5 nitrogen and oxygen atoms in total. The maximum absolute atomic E-state index is 13.0. The van der Waals surface area contributed by atoms with Crippen molar-refractivity contribution in [2.75, 3.05) is 38.2 Å². The standard InChI is InChI=1S/C18H21IN2O3S/c1-14-13-15(19)7-8-18(14)25(22,23)21-11-9-20(10-12-21)16-5-3-4-6-17(16)24-2/h3-8,13H,9-12H2,1-2H3. The summed E-state index contributed by atoms with van der Waals surface area (Å²) >= 11 is 2.19. The highest BCUT2D eigenvalue weighted by molar-refractivity contribution is 14.1. The van der Waals surface area contributed by atoms with E-state index in [1.807, 2.05) is 43.3 Å². The Labute approximate surface area is 162 Å². The first-order valence-corrected chi connectivity index (χ1v) is 10.6. The molecule has 0 aromatic heterocycles. The van der Waals surface area contributed by atoms with Crippen LogP contribution in [0.3, 0.4) is 0 Å². The molecule has 0 atom stereocenters. The van der Waals surface area contributed by atoms with Gasteiger partial charge in [-0.3, -0.25) is 0 Å². The van der Waals surface area contributed by atoms with Crippen molar-refractivity contribution < 1.29 is 13.2 Å². The van der Waals surface area contributed by atoms with E-state index < -0.39 is 10.0 Å². The van der Waals surface area contributed by atoms with Crippen LogP contribution in [0.5, 0.6) is 5.75 Å². The fourth-order valence-electron chi connectivity index (χ4n) is 3.10. The number of sulfonamides is 1. The maximum Gasteiger partial charge on any atom is 0.243 e. The maximum atomic E-state index is 13.0. The molecule has 1 heterocycles. The van der Waals surface area contributed by atoms with Crippen LogP contribution in [0.2, 0.25) is 0 Å². The van der Waals surface area contributed by atoms with Crippen molar-refractivity contribution in [3.63, 3.8) is 0 Å². The summed E-state index contributed by atoms with van der Waals surface area (Å²) in [6, 6.07) is 13.3. The number of hydrogen-bond acceptors (Lipinski definition) is 4. The molecule has 25 heavy (non-hydrogen) atoms. The monoisotopic (exact) mass is 472 g/mol. The fraction of sp³-hybridized carbons (Fsp3) is 0.333. The van der Waals surface area contributed by atoms with Crippen LogP contribution >= 0.6 is 22.6 Å². The minimum Gasteiger partial charge on any atom is -0.495 e. The number of hydrogen-bond donors (Lipinski definition) is 0. The van der Waals surface area contributed by atoms with Gasteiger partial charge in [-0.15, -0.1) is 0 Å². The Bertz CT molecular complexity index is 862. The second-order valence-corrected chi connectivity index (χ2v) is 9.12. The van der Waals surface area contributed by atoms with Gasteiger partial charge in [-0.25, -0.2) is 8.42 Å². The highest BCUT2D eigenvalue weighted by Gasteiger charge is 2.30. The second kappa shape index (κ2) is 7.51. The molecule has 0 amide bonds. The van der Waals surface area contributed by atoms with Crippen LogP contribution in [0.15, 0.2) is 47.4 Å². The molecule has 0 radical (unpaired) electrons. The van der Waals surface area contributed by atoms with Crippen molar-refractivity contribution in [1.29, 1.82) is 0 Å². The van der Waals surface area contributed by atoms with Crippen molar-refractivity contribution in [1.82, 2.24) is 4.31 Å². The zero-order chi connectivity index (χ0) is 18.0. The van der Waals surface area contributed by atoms with E-state index in [9.17, 15) is 8.42 Å². The third-order valence-corrected chi connectivity index (χ3v) is 7.15. The molecule has 3 rings (SSSR count). The number of anilines is 1. The average molecular weight is 472 g/mol. The predicted octanol–water partition coefficient (Wildman–Crippen LogP) is 3.12. The summed E-state index contributed by atoms with van der Waals surface area (Å²) in [6.07, 6.45) is 0. The fourth-order valence-corrected chi connectivity index (χ4v) is 5.38. The Kier molecular flexibility index (Phi) is 5.55. The van der Waals surface area contributed by atoms with E-state index >= 15 is 0 Å². The van der Waals surface area contributed by atoms with Crippen molar-refractivity contribution in [3.8, 4) is 5.75 Å². The number of halogens is 1. The van der Waals surface area contributed by atoms with E-state index in [0.717, 1.165) is 20.6 Å². The second-order valence-electron chi connectivity index (χ2n) is 5.97. The van der Waals surface area contributed by atoms with Gasteiger partial charge in [0.05, 0.1) is 17.7 Å². The number of ether oxygens (including phenoxy) is 1. The Hall–Kier alpha value is -1.32. The number of benzene rings is 2. The zero-order valence-electron chi connectivity index (χ0n) is 14.3. The first-order chi connectivity index (χ1) is 11.9. The number of methoxy groups -OCH3 is 1. The molecule has 2 aromatic carbocycles. The van der Waals surface area contributed by atoms with E-state index in [4.69, 9.17) is 4.74 Å². The summed E-state index contributed by atoms with van der Waals surface area (Å²) < 4.78 is 34.0. The van der Waals surface area contributed by atoms with Crippen LogP contribution in [0.1, 0.15) is 5.56 Å². The minimum absolute atomic E-state index is 0.402. The first-order valence-electron chi connectivity index (χ1n) is 8.08. The van der Waals surface area contributed by atoms with E-state index in [0.29, 0.717) is 31.1 Å². The third-order valence-electron chi connectivity index (χ3n) is 4.42. The average Bonchev–Trinajstić information content (AvgIpc) is 2.61. The molecular weight excluding hydrogens is 451 g/mol. The van der Waals surface area contributed by atoms with E-state index in [-0.39, 0.29) is 0 Å². The van der Waals surface area contributed by atoms with Gasteiger partial charge in [0, 0.05) is 29.7 Å². The Morgan fingerprint density at radius 1 is 1.04 bits per heavy atom. The Morgan fingerprint density at radius 2 is 1.72 bits per heavy atom. The quantitative estimate of drug-likeness (QED) is 0.642. The van der Waals surface area contributed by atoms with Crippen molar-refractivity contribution in [2.45, 2.75) is 11.8 Å². The zero-order valence-corrected chi connectivity index (χ0v) is 17.2. The first kappa shape index (κ1) is 18.5. The topological polar surface area (TPSA) is 49.9 Å². The number of piperazine rings is 1. The minimum atomic E-state index is -3.46. The Balaban J connectivity index is 1.77. The third kappa shape index (κ3) is 3.78. The van der Waals surface area contributed by atoms with Gasteiger partial charge in [0.15, 0.2) is 0 Å². The lowest BCUT2D eigenvalue weighted by Crippen LogP contribution is -2.48. The lowest BCUT2D eigenvalue weighted by atomic mass is 10.2. The highest BCUT2D eigenvalue weighted by atomic mass is 127. The van der Waals surface area contributed by atoms with E-state index in [1.54, 1.807) is 17.5 Å². The van der Waals surface area contributed by atoms with Gasteiger partial charge in [0.2, 0.25) is 10.0 Å². The predicted molar refractivity (Wildman–Crippen MR) is 108 cm³/mol. The molecule has 0 aliphatic carbocycles.